The standard InChI is InChI=1S/C23H28N2O7S/c1-16(32-15-17-10-6-4-7-11-17)21(26)25-14-19(30-2)20(23(25,24)22(27)31-3)33(28,29)18-12-8-5-9-13-18/h4-13,16,19-20H,14-15,24H2,1-3H3/t16-,19+,20?,23+/m1/s1. The lowest BCUT2D eigenvalue weighted by Gasteiger charge is -2.36. The number of benzene rings is 2. The second-order valence-electron chi connectivity index (χ2n) is 7.76. The van der Waals surface area contributed by atoms with Gasteiger partial charge in [0.2, 0.25) is 5.66 Å². The molecule has 9 nitrogen and oxygen atoms in total. The van der Waals surface area contributed by atoms with Crippen LogP contribution in [0.4, 0.5) is 0 Å². The number of hydrogen-bond donors (Lipinski definition) is 1. The van der Waals surface area contributed by atoms with Crippen LogP contribution in [0, 0.1) is 0 Å². The lowest BCUT2D eigenvalue weighted by molar-refractivity contribution is -0.163. The summed E-state index contributed by atoms with van der Waals surface area (Å²) in [6.45, 7) is 1.44. The van der Waals surface area contributed by atoms with Gasteiger partial charge in [-0.1, -0.05) is 48.5 Å². The summed E-state index contributed by atoms with van der Waals surface area (Å²) in [4.78, 5) is 27.2. The molecule has 1 aliphatic rings. The highest BCUT2D eigenvalue weighted by Crippen LogP contribution is 2.37. The highest BCUT2D eigenvalue weighted by molar-refractivity contribution is 7.92. The van der Waals surface area contributed by atoms with Crippen molar-refractivity contribution in [3.05, 3.63) is 66.2 Å². The van der Waals surface area contributed by atoms with Gasteiger partial charge in [0, 0.05) is 7.11 Å². The van der Waals surface area contributed by atoms with Crippen LogP contribution in [-0.4, -0.2) is 69.1 Å². The van der Waals surface area contributed by atoms with Gasteiger partial charge in [-0.25, -0.2) is 13.2 Å². The predicted octanol–water partition coefficient (Wildman–Crippen LogP) is 1.12. The van der Waals surface area contributed by atoms with E-state index in [9.17, 15) is 18.0 Å². The summed E-state index contributed by atoms with van der Waals surface area (Å²) >= 11 is 0. The summed E-state index contributed by atoms with van der Waals surface area (Å²) in [7, 11) is -1.81. The molecule has 1 unspecified atom stereocenters. The fourth-order valence-corrected chi connectivity index (χ4v) is 6.13. The van der Waals surface area contributed by atoms with Gasteiger partial charge in [0.25, 0.3) is 5.91 Å². The number of nitrogens with zero attached hydrogens (tertiary/aromatic N) is 1. The van der Waals surface area contributed by atoms with Crippen LogP contribution in [0.3, 0.4) is 0 Å². The predicted molar refractivity (Wildman–Crippen MR) is 120 cm³/mol. The topological polar surface area (TPSA) is 125 Å². The van der Waals surface area contributed by atoms with E-state index in [-0.39, 0.29) is 18.0 Å². The zero-order chi connectivity index (χ0) is 24.2. The van der Waals surface area contributed by atoms with Crippen molar-refractivity contribution in [2.45, 2.75) is 41.5 Å². The summed E-state index contributed by atoms with van der Waals surface area (Å²) in [5.74, 6) is -1.71. The van der Waals surface area contributed by atoms with Gasteiger partial charge < -0.3 is 19.1 Å². The molecule has 10 heteroatoms. The van der Waals surface area contributed by atoms with Crippen molar-refractivity contribution in [3.8, 4) is 0 Å². The first kappa shape index (κ1) is 24.8. The molecule has 0 aromatic heterocycles. The molecule has 0 aliphatic carbocycles. The van der Waals surface area contributed by atoms with Crippen molar-refractivity contribution in [1.82, 2.24) is 4.90 Å². The van der Waals surface area contributed by atoms with E-state index >= 15 is 0 Å². The van der Waals surface area contributed by atoms with Gasteiger partial charge in [-0.05, 0) is 24.6 Å². The Morgan fingerprint density at radius 2 is 1.67 bits per heavy atom. The number of hydrogen-bond acceptors (Lipinski definition) is 8. The van der Waals surface area contributed by atoms with Gasteiger partial charge >= 0.3 is 5.97 Å². The first-order valence-electron chi connectivity index (χ1n) is 10.3. The van der Waals surface area contributed by atoms with Gasteiger partial charge in [-0.15, -0.1) is 0 Å². The Kier molecular flexibility index (Phi) is 7.53. The number of amides is 1. The van der Waals surface area contributed by atoms with Crippen molar-refractivity contribution < 1.29 is 32.2 Å². The van der Waals surface area contributed by atoms with E-state index in [1.54, 1.807) is 18.2 Å². The van der Waals surface area contributed by atoms with Gasteiger partial charge in [0.1, 0.15) is 11.4 Å². The highest BCUT2D eigenvalue weighted by Gasteiger charge is 2.65. The number of carbonyl (C=O) groups excluding carboxylic acids is 2. The number of sulfone groups is 1. The molecule has 178 valence electrons. The molecule has 1 amide bonds. The third-order valence-corrected chi connectivity index (χ3v) is 8.02. The number of nitrogens with two attached hydrogens (primary N) is 1. The van der Waals surface area contributed by atoms with Crippen LogP contribution in [0.1, 0.15) is 12.5 Å². The van der Waals surface area contributed by atoms with Crippen molar-refractivity contribution >= 4 is 21.7 Å². The van der Waals surface area contributed by atoms with E-state index < -0.39 is 44.8 Å². The second-order valence-corrected chi connectivity index (χ2v) is 9.83. The van der Waals surface area contributed by atoms with E-state index in [1.165, 1.54) is 26.2 Å². The normalized spacial score (nSPS) is 23.8. The first-order chi connectivity index (χ1) is 15.7. The molecule has 1 heterocycles. The number of esters is 1. The van der Waals surface area contributed by atoms with E-state index in [4.69, 9.17) is 19.9 Å². The minimum atomic E-state index is -4.20. The average Bonchev–Trinajstić information content (AvgIpc) is 3.16. The molecule has 1 aliphatic heterocycles. The first-order valence-corrected chi connectivity index (χ1v) is 11.9. The van der Waals surface area contributed by atoms with Crippen LogP contribution in [0.5, 0.6) is 0 Å². The maximum atomic E-state index is 13.6. The molecule has 1 saturated heterocycles. The van der Waals surface area contributed by atoms with Crippen LogP contribution in [0.15, 0.2) is 65.6 Å². The van der Waals surface area contributed by atoms with Crippen LogP contribution in [0.2, 0.25) is 0 Å². The maximum Gasteiger partial charge on any atom is 0.348 e. The molecule has 2 aromatic rings. The lowest BCUT2D eigenvalue weighted by atomic mass is 10.1. The molecule has 0 radical (unpaired) electrons. The fourth-order valence-electron chi connectivity index (χ4n) is 4.00. The van der Waals surface area contributed by atoms with Crippen LogP contribution in [-0.2, 0) is 40.2 Å². The Labute approximate surface area is 193 Å². The van der Waals surface area contributed by atoms with Crippen LogP contribution in [0.25, 0.3) is 0 Å². The molecule has 4 atom stereocenters. The minimum absolute atomic E-state index is 0.0431. The Bertz CT molecular complexity index is 1080. The third kappa shape index (κ3) is 4.65. The zero-order valence-corrected chi connectivity index (χ0v) is 19.5. The number of likely N-dealkylation sites (tertiary alicyclic amines) is 1. The summed E-state index contributed by atoms with van der Waals surface area (Å²) in [6.07, 6.45) is -2.07. The number of methoxy groups -OCH3 is 2. The van der Waals surface area contributed by atoms with E-state index in [0.717, 1.165) is 17.6 Å². The van der Waals surface area contributed by atoms with Crippen molar-refractivity contribution in [2.24, 2.45) is 5.73 Å². The van der Waals surface area contributed by atoms with E-state index in [2.05, 4.69) is 0 Å². The lowest BCUT2D eigenvalue weighted by Crippen LogP contribution is -2.68. The van der Waals surface area contributed by atoms with E-state index in [1.807, 2.05) is 30.3 Å². The largest absolute Gasteiger partial charge is 0.466 e. The average molecular weight is 477 g/mol. The third-order valence-electron chi connectivity index (χ3n) is 5.76. The molecule has 1 fully saturated rings. The second kappa shape index (κ2) is 10.0. The van der Waals surface area contributed by atoms with Crippen LogP contribution >= 0.6 is 0 Å². The molecular weight excluding hydrogens is 448 g/mol. The molecule has 0 bridgehead atoms. The molecule has 33 heavy (non-hydrogen) atoms. The molecule has 3 rings (SSSR count). The van der Waals surface area contributed by atoms with Crippen LogP contribution < -0.4 is 5.73 Å². The Hall–Kier alpha value is -2.79. The van der Waals surface area contributed by atoms with E-state index in [0.29, 0.717) is 0 Å². The zero-order valence-electron chi connectivity index (χ0n) is 18.7. The number of ether oxygens (including phenoxy) is 3. The van der Waals surface area contributed by atoms with Gasteiger partial charge in [-0.2, -0.15) is 0 Å². The Balaban J connectivity index is 1.96. The van der Waals surface area contributed by atoms with Crippen molar-refractivity contribution in [1.29, 1.82) is 0 Å². The SMILES string of the molecule is COC(=O)[C@]1(N)C(S(=O)(=O)c2ccccc2)[C@@H](OC)CN1C(=O)[C@@H](C)OCc1ccccc1. The molecule has 0 spiro atoms. The van der Waals surface area contributed by atoms with Crippen molar-refractivity contribution in [3.63, 3.8) is 0 Å². The molecule has 0 saturated carbocycles. The smallest absolute Gasteiger partial charge is 0.348 e. The monoisotopic (exact) mass is 476 g/mol. The molecular formula is C23H28N2O7S. The fraction of sp³-hybridized carbons (Fsp3) is 0.391. The molecule has 2 aromatic carbocycles. The Morgan fingerprint density at radius 3 is 2.21 bits per heavy atom. The quantitative estimate of drug-likeness (QED) is 0.562. The minimum Gasteiger partial charge on any atom is -0.466 e. The molecule has 2 N–H and O–H groups in total. The highest BCUT2D eigenvalue weighted by atomic mass is 32.2. The Morgan fingerprint density at radius 1 is 1.09 bits per heavy atom. The van der Waals surface area contributed by atoms with Gasteiger partial charge in [0.15, 0.2) is 9.84 Å². The summed E-state index contributed by atoms with van der Waals surface area (Å²) < 4.78 is 43.1. The van der Waals surface area contributed by atoms with Crippen molar-refractivity contribution in [2.75, 3.05) is 20.8 Å². The summed E-state index contributed by atoms with van der Waals surface area (Å²) in [6, 6.07) is 16.8. The summed E-state index contributed by atoms with van der Waals surface area (Å²) in [5.41, 5.74) is 4.99. The van der Waals surface area contributed by atoms with Gasteiger partial charge in [-0.3, -0.25) is 10.5 Å². The van der Waals surface area contributed by atoms with Gasteiger partial charge in [0.05, 0.1) is 31.3 Å². The maximum absolute atomic E-state index is 13.6. The summed E-state index contributed by atoms with van der Waals surface area (Å²) in [5, 5.41) is -1.59. The number of rotatable bonds is 8. The number of carbonyl (C=O) groups is 2.